The van der Waals surface area contributed by atoms with Gasteiger partial charge in [-0.3, -0.25) is 9.59 Å². The van der Waals surface area contributed by atoms with Crippen LogP contribution in [0.15, 0.2) is 0 Å². The molecule has 1 N–H and O–H groups in total. The third-order valence-electron chi connectivity index (χ3n) is 6.35. The summed E-state index contributed by atoms with van der Waals surface area (Å²) in [5.41, 5.74) is -0.791. The second-order valence-corrected chi connectivity index (χ2v) is 11.4. The largest absolute Gasteiger partial charge is 0.462 e. The molecule has 0 aromatic rings. The molecule has 2 rings (SSSR count). The van der Waals surface area contributed by atoms with Gasteiger partial charge in [-0.15, -0.1) is 0 Å². The van der Waals surface area contributed by atoms with Gasteiger partial charge in [-0.25, -0.2) is 0 Å². The Bertz CT molecular complexity index is 642. The lowest BCUT2D eigenvalue weighted by atomic mass is 9.95. The molecule has 174 valence electrons. The molecule has 7 heteroatoms. The first-order valence-electron chi connectivity index (χ1n) is 11.1. The van der Waals surface area contributed by atoms with Crippen LogP contribution in [0.25, 0.3) is 0 Å². The number of ether oxygens (including phenoxy) is 2. The van der Waals surface area contributed by atoms with Crippen molar-refractivity contribution in [3.8, 4) is 0 Å². The summed E-state index contributed by atoms with van der Waals surface area (Å²) in [6, 6.07) is 0. The summed E-state index contributed by atoms with van der Waals surface area (Å²) in [6.45, 7) is 16.7. The van der Waals surface area contributed by atoms with Gasteiger partial charge in [-0.2, -0.15) is 5.06 Å². The molecule has 0 radical (unpaired) electrons. The van der Waals surface area contributed by atoms with E-state index >= 15 is 0 Å². The highest BCUT2D eigenvalue weighted by Crippen LogP contribution is 2.38. The van der Waals surface area contributed by atoms with E-state index in [-0.39, 0.29) is 59.1 Å². The van der Waals surface area contributed by atoms with Gasteiger partial charge in [-0.05, 0) is 68.2 Å². The zero-order valence-corrected chi connectivity index (χ0v) is 20.4. The lowest BCUT2D eigenvalue weighted by molar-refractivity contribution is -0.247. The monoisotopic (exact) mass is 426 g/mol. The molecule has 0 bridgehead atoms. The average molecular weight is 427 g/mol. The molecule has 7 nitrogen and oxygen atoms in total. The summed E-state index contributed by atoms with van der Waals surface area (Å²) in [4.78, 5) is 30.4. The third kappa shape index (κ3) is 6.17. The number of carbonyl (C=O) groups excluding carboxylic acids is 2. The van der Waals surface area contributed by atoms with Crippen molar-refractivity contribution >= 4 is 11.9 Å². The van der Waals surface area contributed by atoms with Crippen molar-refractivity contribution in [1.82, 2.24) is 10.4 Å². The van der Waals surface area contributed by atoms with Crippen molar-refractivity contribution in [1.29, 1.82) is 0 Å². The molecule has 2 atom stereocenters. The highest BCUT2D eigenvalue weighted by molar-refractivity contribution is 5.77. The third-order valence-corrected chi connectivity index (χ3v) is 6.35. The van der Waals surface area contributed by atoms with E-state index in [2.05, 4.69) is 46.9 Å². The van der Waals surface area contributed by atoms with Crippen molar-refractivity contribution in [3.05, 3.63) is 0 Å². The van der Waals surface area contributed by atoms with Gasteiger partial charge in [0, 0.05) is 29.5 Å². The van der Waals surface area contributed by atoms with Crippen LogP contribution in [0, 0.1) is 0 Å². The van der Waals surface area contributed by atoms with E-state index in [1.165, 1.54) is 0 Å². The van der Waals surface area contributed by atoms with Crippen molar-refractivity contribution in [2.24, 2.45) is 0 Å². The van der Waals surface area contributed by atoms with Crippen molar-refractivity contribution in [2.75, 3.05) is 7.11 Å². The Balaban J connectivity index is 1.85. The van der Waals surface area contributed by atoms with Crippen molar-refractivity contribution in [2.45, 2.75) is 128 Å². The summed E-state index contributed by atoms with van der Waals surface area (Å²) in [5, 5.41) is 5.49. The van der Waals surface area contributed by atoms with Crippen LogP contribution in [0.1, 0.15) is 93.9 Å². The van der Waals surface area contributed by atoms with E-state index in [0.717, 1.165) is 19.3 Å². The van der Waals surface area contributed by atoms with Gasteiger partial charge >= 0.3 is 11.9 Å². The van der Waals surface area contributed by atoms with E-state index in [1.807, 2.05) is 18.9 Å². The summed E-state index contributed by atoms with van der Waals surface area (Å²) >= 11 is 0. The van der Waals surface area contributed by atoms with Crippen molar-refractivity contribution < 1.29 is 23.9 Å². The van der Waals surface area contributed by atoms with Crippen LogP contribution in [0.4, 0.5) is 0 Å². The molecule has 0 spiro atoms. The quantitative estimate of drug-likeness (QED) is 0.648. The number of hydroxylamine groups is 2. The SMILES string of the molecule is CON1C(C)(C)CCC(OC(=O)CCC(=O)OC2CC(C)(C)NC2(C)C)CC1(C)C. The van der Waals surface area contributed by atoms with Gasteiger partial charge in [0.1, 0.15) is 12.2 Å². The summed E-state index contributed by atoms with van der Waals surface area (Å²) < 4.78 is 11.4. The van der Waals surface area contributed by atoms with E-state index in [0.29, 0.717) is 6.42 Å². The van der Waals surface area contributed by atoms with Gasteiger partial charge in [-0.1, -0.05) is 0 Å². The maximum Gasteiger partial charge on any atom is 0.306 e. The fourth-order valence-electron chi connectivity index (χ4n) is 5.35. The number of nitrogens with one attached hydrogen (secondary N) is 1. The number of hydrogen-bond acceptors (Lipinski definition) is 7. The fraction of sp³-hybridized carbons (Fsp3) is 0.913. The Hall–Kier alpha value is -1.18. The van der Waals surface area contributed by atoms with Crippen LogP contribution in [-0.4, -0.2) is 58.5 Å². The van der Waals surface area contributed by atoms with Crippen LogP contribution in [0.3, 0.4) is 0 Å². The maximum atomic E-state index is 12.4. The van der Waals surface area contributed by atoms with Gasteiger partial charge in [0.05, 0.1) is 25.5 Å². The van der Waals surface area contributed by atoms with Gasteiger partial charge in [0.2, 0.25) is 0 Å². The maximum absolute atomic E-state index is 12.4. The molecule has 2 unspecified atom stereocenters. The second kappa shape index (κ2) is 8.75. The molecule has 2 heterocycles. The second-order valence-electron chi connectivity index (χ2n) is 11.4. The van der Waals surface area contributed by atoms with E-state index in [4.69, 9.17) is 14.3 Å². The van der Waals surface area contributed by atoms with Gasteiger partial charge in [0.15, 0.2) is 0 Å². The molecule has 2 saturated heterocycles. The van der Waals surface area contributed by atoms with Crippen LogP contribution < -0.4 is 5.32 Å². The summed E-state index contributed by atoms with van der Waals surface area (Å²) in [7, 11) is 1.68. The summed E-state index contributed by atoms with van der Waals surface area (Å²) in [6.07, 6.45) is 2.72. The van der Waals surface area contributed by atoms with Crippen molar-refractivity contribution in [3.63, 3.8) is 0 Å². The Labute approximate surface area is 182 Å². The normalized spacial score (nSPS) is 29.8. The van der Waals surface area contributed by atoms with Gasteiger partial charge in [0.25, 0.3) is 0 Å². The molecule has 2 aliphatic rings. The number of esters is 2. The minimum atomic E-state index is -0.350. The fourth-order valence-corrected chi connectivity index (χ4v) is 5.35. The van der Waals surface area contributed by atoms with Crippen LogP contribution in [0.2, 0.25) is 0 Å². The Morgan fingerprint density at radius 2 is 1.47 bits per heavy atom. The minimum Gasteiger partial charge on any atom is -0.462 e. The zero-order chi connectivity index (χ0) is 23.0. The number of nitrogens with zero attached hydrogens (tertiary/aromatic N) is 1. The number of carbonyl (C=O) groups is 2. The predicted molar refractivity (Wildman–Crippen MR) is 116 cm³/mol. The summed E-state index contributed by atoms with van der Waals surface area (Å²) in [5.74, 6) is -0.696. The molecule has 2 fully saturated rings. The molecule has 2 aliphatic heterocycles. The van der Waals surface area contributed by atoms with Crippen LogP contribution >= 0.6 is 0 Å². The van der Waals surface area contributed by atoms with E-state index < -0.39 is 0 Å². The lowest BCUT2D eigenvalue weighted by Crippen LogP contribution is -2.53. The number of rotatable bonds is 6. The molecule has 0 saturated carbocycles. The standard InChI is InChI=1S/C23H42N2O5/c1-20(2)15-17(23(7,8)24-20)30-19(27)11-10-18(26)29-16-12-13-21(3,4)25(28-9)22(5,6)14-16/h16-17,24H,10-15H2,1-9H3. The molecule has 0 amide bonds. The highest BCUT2D eigenvalue weighted by Gasteiger charge is 2.46. The average Bonchev–Trinajstić information content (AvgIpc) is 2.71. The minimum absolute atomic E-state index is 0.0388. The Morgan fingerprint density at radius 3 is 1.97 bits per heavy atom. The Morgan fingerprint density at radius 1 is 0.900 bits per heavy atom. The molecular weight excluding hydrogens is 384 g/mol. The molecule has 0 aromatic carbocycles. The molecule has 30 heavy (non-hydrogen) atoms. The topological polar surface area (TPSA) is 77.1 Å². The zero-order valence-electron chi connectivity index (χ0n) is 20.4. The first-order valence-corrected chi connectivity index (χ1v) is 11.1. The van der Waals surface area contributed by atoms with Crippen LogP contribution in [0.5, 0.6) is 0 Å². The first kappa shape index (κ1) is 25.1. The predicted octanol–water partition coefficient (Wildman–Crippen LogP) is 3.75. The first-order chi connectivity index (χ1) is 13.6. The Kier molecular flexibility index (Phi) is 7.32. The van der Waals surface area contributed by atoms with Gasteiger partial charge < -0.3 is 19.6 Å². The van der Waals surface area contributed by atoms with E-state index in [1.54, 1.807) is 7.11 Å². The smallest absolute Gasteiger partial charge is 0.306 e. The van der Waals surface area contributed by atoms with E-state index in [9.17, 15) is 9.59 Å². The molecule has 0 aromatic heterocycles. The number of hydrogen-bond donors (Lipinski definition) is 1. The van der Waals surface area contributed by atoms with Crippen LogP contribution in [-0.2, 0) is 23.9 Å². The molecule has 0 aliphatic carbocycles. The lowest BCUT2D eigenvalue weighted by Gasteiger charge is -2.44. The molecular formula is C23H42N2O5. The highest BCUT2D eigenvalue weighted by atomic mass is 16.7.